The minimum Gasteiger partial charge on any atom is -0.356 e. The van der Waals surface area contributed by atoms with Crippen molar-refractivity contribution in [1.82, 2.24) is 15.2 Å². The van der Waals surface area contributed by atoms with E-state index in [1.54, 1.807) is 32.8 Å². The molecule has 1 saturated carbocycles. The van der Waals surface area contributed by atoms with Crippen molar-refractivity contribution in [3.63, 3.8) is 0 Å². The first kappa shape index (κ1) is 16.3. The van der Waals surface area contributed by atoms with Crippen molar-refractivity contribution in [1.29, 1.82) is 0 Å². The van der Waals surface area contributed by atoms with Crippen LogP contribution in [0.5, 0.6) is 0 Å². The number of carbonyl (C=O) groups is 3. The van der Waals surface area contributed by atoms with Gasteiger partial charge in [0.05, 0.1) is 11.3 Å². The van der Waals surface area contributed by atoms with Crippen molar-refractivity contribution in [2.45, 2.75) is 39.2 Å². The second-order valence-electron chi connectivity index (χ2n) is 6.19. The summed E-state index contributed by atoms with van der Waals surface area (Å²) in [4.78, 5) is 39.9. The zero-order chi connectivity index (χ0) is 16.4. The lowest BCUT2D eigenvalue weighted by Crippen LogP contribution is -2.35. The zero-order valence-corrected chi connectivity index (χ0v) is 13.5. The lowest BCUT2D eigenvalue weighted by molar-refractivity contribution is -0.132. The molecule has 22 heavy (non-hydrogen) atoms. The molecule has 120 valence electrons. The molecule has 1 aliphatic carbocycles. The van der Waals surface area contributed by atoms with Gasteiger partial charge in [0.15, 0.2) is 6.29 Å². The van der Waals surface area contributed by atoms with E-state index in [2.05, 4.69) is 10.3 Å². The minimum absolute atomic E-state index is 0.00906. The highest BCUT2D eigenvalue weighted by atomic mass is 16.2. The van der Waals surface area contributed by atoms with E-state index >= 15 is 0 Å². The standard InChI is InChI=1S/C16H23N3O3/c1-9-13(8-20)17-10(2)14(9)15(21)18-12-6-5-11(7-12)16(22)19(3)4/h8,11-12,17H,5-7H2,1-4H3,(H,18,21)/t11?,12-/m0/s1. The lowest BCUT2D eigenvalue weighted by atomic mass is 10.1. The van der Waals surface area contributed by atoms with Crippen molar-refractivity contribution in [2.24, 2.45) is 5.92 Å². The van der Waals surface area contributed by atoms with Gasteiger partial charge in [0.2, 0.25) is 5.91 Å². The third-order valence-corrected chi connectivity index (χ3v) is 4.38. The summed E-state index contributed by atoms with van der Waals surface area (Å²) in [6, 6.07) is 0.00906. The monoisotopic (exact) mass is 305 g/mol. The van der Waals surface area contributed by atoms with E-state index in [0.29, 0.717) is 28.9 Å². The second-order valence-corrected chi connectivity index (χ2v) is 6.19. The van der Waals surface area contributed by atoms with Crippen LogP contribution in [0, 0.1) is 19.8 Å². The predicted octanol–water partition coefficient (Wildman–Crippen LogP) is 1.43. The van der Waals surface area contributed by atoms with E-state index in [4.69, 9.17) is 0 Å². The maximum atomic E-state index is 12.4. The number of nitrogens with zero attached hydrogens (tertiary/aromatic N) is 1. The van der Waals surface area contributed by atoms with Gasteiger partial charge in [-0.3, -0.25) is 14.4 Å². The number of H-pyrrole nitrogens is 1. The summed E-state index contributed by atoms with van der Waals surface area (Å²) in [5.41, 5.74) is 2.33. The maximum Gasteiger partial charge on any atom is 0.253 e. The summed E-state index contributed by atoms with van der Waals surface area (Å²) in [7, 11) is 3.50. The van der Waals surface area contributed by atoms with Gasteiger partial charge >= 0.3 is 0 Å². The number of aromatic amines is 1. The Morgan fingerprint density at radius 2 is 1.95 bits per heavy atom. The summed E-state index contributed by atoms with van der Waals surface area (Å²) < 4.78 is 0. The van der Waals surface area contributed by atoms with Crippen molar-refractivity contribution in [3.8, 4) is 0 Å². The number of rotatable bonds is 4. The Hall–Kier alpha value is -2.11. The Balaban J connectivity index is 2.04. The van der Waals surface area contributed by atoms with Gasteiger partial charge in [-0.1, -0.05) is 0 Å². The summed E-state index contributed by atoms with van der Waals surface area (Å²) in [6.45, 7) is 3.54. The molecule has 6 heteroatoms. The summed E-state index contributed by atoms with van der Waals surface area (Å²) in [5, 5.41) is 2.99. The number of hydrogen-bond acceptors (Lipinski definition) is 3. The highest BCUT2D eigenvalue weighted by Crippen LogP contribution is 2.27. The highest BCUT2D eigenvalue weighted by molar-refractivity contribution is 5.99. The van der Waals surface area contributed by atoms with Gasteiger partial charge in [0.1, 0.15) is 0 Å². The third kappa shape index (κ3) is 3.05. The largest absolute Gasteiger partial charge is 0.356 e. The van der Waals surface area contributed by atoms with Crippen LogP contribution in [0.1, 0.15) is 51.4 Å². The molecule has 1 aromatic rings. The first-order valence-corrected chi connectivity index (χ1v) is 7.51. The van der Waals surface area contributed by atoms with Crippen molar-refractivity contribution >= 4 is 18.1 Å². The number of amides is 2. The average molecular weight is 305 g/mol. The van der Waals surface area contributed by atoms with Gasteiger partial charge in [0.25, 0.3) is 5.91 Å². The van der Waals surface area contributed by atoms with E-state index < -0.39 is 0 Å². The van der Waals surface area contributed by atoms with Crippen LogP contribution >= 0.6 is 0 Å². The molecular formula is C16H23N3O3. The first-order valence-electron chi connectivity index (χ1n) is 7.51. The second kappa shape index (κ2) is 6.34. The van der Waals surface area contributed by atoms with Crippen molar-refractivity contribution in [2.75, 3.05) is 14.1 Å². The Labute approximate surface area is 130 Å². The molecule has 0 aliphatic heterocycles. The number of aromatic nitrogens is 1. The molecule has 0 spiro atoms. The SMILES string of the molecule is Cc1[nH]c(C=O)c(C)c1C(=O)N[C@H]1CCC(C(=O)N(C)C)C1. The molecule has 6 nitrogen and oxygen atoms in total. The number of aryl methyl sites for hydroxylation is 1. The molecular weight excluding hydrogens is 282 g/mol. The molecule has 0 bridgehead atoms. The molecule has 1 heterocycles. The quantitative estimate of drug-likeness (QED) is 0.826. The number of nitrogens with one attached hydrogen (secondary N) is 2. The van der Waals surface area contributed by atoms with Gasteiger partial charge in [-0.05, 0) is 38.7 Å². The van der Waals surface area contributed by atoms with E-state index in [1.165, 1.54) is 0 Å². The molecule has 0 aromatic carbocycles. The Morgan fingerprint density at radius 1 is 1.27 bits per heavy atom. The molecule has 0 saturated heterocycles. The van der Waals surface area contributed by atoms with E-state index in [9.17, 15) is 14.4 Å². The van der Waals surface area contributed by atoms with Gasteiger partial charge < -0.3 is 15.2 Å². The van der Waals surface area contributed by atoms with Crippen LogP contribution in [0.25, 0.3) is 0 Å². The third-order valence-electron chi connectivity index (χ3n) is 4.38. The fourth-order valence-corrected chi connectivity index (χ4v) is 3.19. The topological polar surface area (TPSA) is 82.3 Å². The molecule has 0 radical (unpaired) electrons. The van der Waals surface area contributed by atoms with Crippen LogP contribution in [0.4, 0.5) is 0 Å². The number of carbonyl (C=O) groups excluding carboxylic acids is 3. The minimum atomic E-state index is -0.178. The molecule has 2 N–H and O–H groups in total. The summed E-state index contributed by atoms with van der Waals surface area (Å²) in [6.07, 6.45) is 3.00. The van der Waals surface area contributed by atoms with Crippen LogP contribution < -0.4 is 5.32 Å². The molecule has 2 atom stereocenters. The fourth-order valence-electron chi connectivity index (χ4n) is 3.19. The smallest absolute Gasteiger partial charge is 0.253 e. The van der Waals surface area contributed by atoms with Crippen molar-refractivity contribution in [3.05, 3.63) is 22.5 Å². The molecule has 1 fully saturated rings. The van der Waals surface area contributed by atoms with Gasteiger partial charge in [-0.2, -0.15) is 0 Å². The normalized spacial score (nSPS) is 20.7. The van der Waals surface area contributed by atoms with Crippen LogP contribution in [0.3, 0.4) is 0 Å². The maximum absolute atomic E-state index is 12.4. The van der Waals surface area contributed by atoms with Crippen LogP contribution in [0.2, 0.25) is 0 Å². The lowest BCUT2D eigenvalue weighted by Gasteiger charge is -2.17. The van der Waals surface area contributed by atoms with Gasteiger partial charge in [-0.15, -0.1) is 0 Å². The number of aldehydes is 1. The van der Waals surface area contributed by atoms with E-state index in [1.807, 2.05) is 0 Å². The molecule has 1 aromatic heterocycles. The molecule has 2 rings (SSSR count). The summed E-state index contributed by atoms with van der Waals surface area (Å²) in [5.74, 6) is -0.0736. The molecule has 1 unspecified atom stereocenters. The van der Waals surface area contributed by atoms with E-state index in [-0.39, 0.29) is 23.8 Å². The molecule has 2 amide bonds. The van der Waals surface area contributed by atoms with Crippen LogP contribution in [-0.2, 0) is 4.79 Å². The Bertz CT molecular complexity index is 604. The average Bonchev–Trinajstić information content (AvgIpc) is 3.02. The number of hydrogen-bond donors (Lipinski definition) is 2. The Kier molecular flexibility index (Phi) is 4.68. The molecule has 1 aliphatic rings. The van der Waals surface area contributed by atoms with E-state index in [0.717, 1.165) is 19.1 Å². The highest BCUT2D eigenvalue weighted by Gasteiger charge is 2.32. The van der Waals surface area contributed by atoms with Crippen LogP contribution in [-0.4, -0.2) is 48.1 Å². The summed E-state index contributed by atoms with van der Waals surface area (Å²) >= 11 is 0. The van der Waals surface area contributed by atoms with Crippen molar-refractivity contribution < 1.29 is 14.4 Å². The predicted molar refractivity (Wildman–Crippen MR) is 82.9 cm³/mol. The first-order chi connectivity index (χ1) is 10.3. The fraction of sp³-hybridized carbons (Fsp3) is 0.562. The van der Waals surface area contributed by atoms with Crippen LogP contribution in [0.15, 0.2) is 0 Å². The van der Waals surface area contributed by atoms with Gasteiger partial charge in [-0.25, -0.2) is 0 Å². The zero-order valence-electron chi connectivity index (χ0n) is 13.5. The Morgan fingerprint density at radius 3 is 2.50 bits per heavy atom. The van der Waals surface area contributed by atoms with Gasteiger partial charge in [0, 0.05) is 31.7 Å².